The van der Waals surface area contributed by atoms with Crippen molar-refractivity contribution < 1.29 is 32.9 Å². The number of unbranched alkanes of at least 4 members (excludes halogenated alkanes) is 38. The first kappa shape index (κ1) is 61.5. The zero-order valence-corrected chi connectivity index (χ0v) is 43.3. The Bertz CT molecular complexity index is 978. The molecule has 0 rings (SSSR count). The number of nitrogens with zero attached hydrogens (tertiary/aromatic N) is 1. The predicted octanol–water partition coefficient (Wildman–Crippen LogP) is 16.1. The molecule has 0 aromatic heterocycles. The molecular formula is C53H110N2O6P+. The lowest BCUT2D eigenvalue weighted by molar-refractivity contribution is -0.870. The average Bonchev–Trinajstić information content (AvgIpc) is 3.23. The lowest BCUT2D eigenvalue weighted by atomic mass is 10.0. The fraction of sp³-hybridized carbons (Fsp3) is 0.981. The number of phosphoric ester groups is 1. The minimum absolute atomic E-state index is 0.0790. The topological polar surface area (TPSA) is 105 Å². The second-order valence-electron chi connectivity index (χ2n) is 20.3. The SMILES string of the molecule is CCCCCCCCCCCCCCCCCCCCCCCCCCC(=O)N[C@@H](COP(=O)(O)OCC[N+](C)(C)C)[C@H](O)CCCCCCCCCCCCCCCCCC. The van der Waals surface area contributed by atoms with Crippen LogP contribution in [0.3, 0.4) is 0 Å². The number of rotatable bonds is 51. The van der Waals surface area contributed by atoms with Gasteiger partial charge in [0.15, 0.2) is 0 Å². The summed E-state index contributed by atoms with van der Waals surface area (Å²) < 4.78 is 23.7. The maximum absolute atomic E-state index is 13.0. The summed E-state index contributed by atoms with van der Waals surface area (Å²) in [6, 6.07) is -0.754. The Labute approximate surface area is 387 Å². The number of nitrogens with one attached hydrogen (secondary N) is 1. The maximum Gasteiger partial charge on any atom is 0.472 e. The van der Waals surface area contributed by atoms with E-state index in [1.807, 2.05) is 21.1 Å². The quantitative estimate of drug-likeness (QED) is 0.0319. The van der Waals surface area contributed by atoms with Gasteiger partial charge in [-0.1, -0.05) is 264 Å². The van der Waals surface area contributed by atoms with Gasteiger partial charge in [0.2, 0.25) is 5.91 Å². The molecule has 0 aromatic carbocycles. The van der Waals surface area contributed by atoms with Crippen molar-refractivity contribution in [3.05, 3.63) is 0 Å². The van der Waals surface area contributed by atoms with Crippen LogP contribution in [-0.2, 0) is 18.4 Å². The largest absolute Gasteiger partial charge is 0.472 e. The van der Waals surface area contributed by atoms with Crippen LogP contribution in [0, 0.1) is 0 Å². The molecule has 9 heteroatoms. The van der Waals surface area contributed by atoms with Crippen LogP contribution in [0.2, 0.25) is 0 Å². The molecule has 0 fully saturated rings. The van der Waals surface area contributed by atoms with Crippen LogP contribution in [0.4, 0.5) is 0 Å². The summed E-state index contributed by atoms with van der Waals surface area (Å²) in [7, 11) is 1.63. The number of hydrogen-bond acceptors (Lipinski definition) is 5. The first-order valence-corrected chi connectivity index (χ1v) is 28.9. The molecule has 1 amide bonds. The van der Waals surface area contributed by atoms with Gasteiger partial charge < -0.3 is 19.8 Å². The van der Waals surface area contributed by atoms with Crippen molar-refractivity contribution in [1.29, 1.82) is 0 Å². The zero-order chi connectivity index (χ0) is 45.7. The van der Waals surface area contributed by atoms with E-state index in [2.05, 4.69) is 19.2 Å². The second-order valence-corrected chi connectivity index (χ2v) is 21.8. The molecule has 8 nitrogen and oxygen atoms in total. The molecule has 0 saturated carbocycles. The van der Waals surface area contributed by atoms with E-state index in [0.29, 0.717) is 23.9 Å². The summed E-state index contributed by atoms with van der Waals surface area (Å²) >= 11 is 0. The molecule has 372 valence electrons. The monoisotopic (exact) mass is 902 g/mol. The standard InChI is InChI=1S/C53H109N2O6P/c1-6-8-10-12-14-16-18-20-22-24-25-26-27-28-29-30-31-33-35-37-39-41-43-45-47-53(57)54-51(50-61-62(58,59)60-49-48-55(3,4)5)52(56)46-44-42-40-38-36-34-32-23-21-19-17-15-13-11-9-7-2/h51-52,56H,6-50H2,1-5H3,(H-,54,57,58,59)/p+1/t51-,52+/m0/s1. The van der Waals surface area contributed by atoms with Crippen LogP contribution in [0.5, 0.6) is 0 Å². The van der Waals surface area contributed by atoms with Crippen LogP contribution < -0.4 is 5.32 Å². The first-order chi connectivity index (χ1) is 30.0. The Morgan fingerprint density at radius 3 is 1.08 bits per heavy atom. The van der Waals surface area contributed by atoms with E-state index in [1.54, 1.807) is 0 Å². The third-order valence-corrected chi connectivity index (χ3v) is 13.8. The maximum atomic E-state index is 13.0. The van der Waals surface area contributed by atoms with E-state index < -0.39 is 20.0 Å². The second kappa shape index (κ2) is 45.6. The number of phosphoric acid groups is 1. The minimum Gasteiger partial charge on any atom is -0.391 e. The van der Waals surface area contributed by atoms with E-state index in [1.165, 1.54) is 218 Å². The summed E-state index contributed by atoms with van der Waals surface area (Å²) in [6.45, 7) is 4.94. The average molecular weight is 902 g/mol. The fourth-order valence-electron chi connectivity index (χ4n) is 8.52. The molecule has 0 aliphatic rings. The number of aliphatic hydroxyl groups excluding tert-OH is 1. The van der Waals surface area contributed by atoms with Crippen molar-refractivity contribution in [2.75, 3.05) is 40.9 Å². The number of carbonyl (C=O) groups excluding carboxylic acids is 1. The van der Waals surface area contributed by atoms with Crippen LogP contribution in [0.15, 0.2) is 0 Å². The molecule has 3 N–H and O–H groups in total. The molecule has 0 aliphatic carbocycles. The van der Waals surface area contributed by atoms with E-state index in [-0.39, 0.29) is 19.1 Å². The van der Waals surface area contributed by atoms with E-state index >= 15 is 0 Å². The molecule has 62 heavy (non-hydrogen) atoms. The van der Waals surface area contributed by atoms with E-state index in [4.69, 9.17) is 9.05 Å². The van der Waals surface area contributed by atoms with Crippen molar-refractivity contribution in [2.45, 2.75) is 296 Å². The summed E-state index contributed by atoms with van der Waals surface area (Å²) in [5, 5.41) is 14.0. The highest BCUT2D eigenvalue weighted by Crippen LogP contribution is 2.43. The Kier molecular flexibility index (Phi) is 45.3. The molecule has 0 spiro atoms. The van der Waals surface area contributed by atoms with Crippen molar-refractivity contribution in [3.63, 3.8) is 0 Å². The van der Waals surface area contributed by atoms with Gasteiger partial charge in [0.25, 0.3) is 0 Å². The van der Waals surface area contributed by atoms with Gasteiger partial charge in [-0.25, -0.2) is 4.57 Å². The normalized spacial score (nSPS) is 14.0. The Morgan fingerprint density at radius 1 is 0.484 bits per heavy atom. The summed E-state index contributed by atoms with van der Waals surface area (Å²) in [5.74, 6) is -0.137. The Morgan fingerprint density at radius 2 is 0.774 bits per heavy atom. The van der Waals surface area contributed by atoms with Crippen molar-refractivity contribution in [1.82, 2.24) is 5.32 Å². The van der Waals surface area contributed by atoms with Gasteiger partial charge in [-0.2, -0.15) is 0 Å². The van der Waals surface area contributed by atoms with Gasteiger partial charge in [-0.15, -0.1) is 0 Å². The van der Waals surface area contributed by atoms with Gasteiger partial charge in [0, 0.05) is 6.42 Å². The van der Waals surface area contributed by atoms with Crippen molar-refractivity contribution >= 4 is 13.7 Å². The third-order valence-electron chi connectivity index (χ3n) is 12.9. The Balaban J connectivity index is 4.13. The van der Waals surface area contributed by atoms with Crippen LogP contribution in [0.1, 0.15) is 284 Å². The Hall–Kier alpha value is -0.500. The number of hydrogen-bond donors (Lipinski definition) is 3. The van der Waals surface area contributed by atoms with Gasteiger partial charge in [0.1, 0.15) is 13.2 Å². The number of likely N-dealkylation sites (N-methyl/N-ethyl adjacent to an activating group) is 1. The highest BCUT2D eigenvalue weighted by molar-refractivity contribution is 7.47. The molecule has 0 radical (unpaired) electrons. The minimum atomic E-state index is -4.31. The molecule has 0 aliphatic heterocycles. The highest BCUT2D eigenvalue weighted by Gasteiger charge is 2.28. The molecule has 1 unspecified atom stereocenters. The van der Waals surface area contributed by atoms with Crippen LogP contribution >= 0.6 is 7.82 Å². The van der Waals surface area contributed by atoms with Crippen LogP contribution in [0.25, 0.3) is 0 Å². The van der Waals surface area contributed by atoms with E-state index in [0.717, 1.165) is 38.5 Å². The predicted molar refractivity (Wildman–Crippen MR) is 268 cm³/mol. The number of quaternary nitrogens is 1. The van der Waals surface area contributed by atoms with Gasteiger partial charge in [-0.3, -0.25) is 13.8 Å². The van der Waals surface area contributed by atoms with Gasteiger partial charge in [-0.05, 0) is 12.8 Å². The van der Waals surface area contributed by atoms with Gasteiger partial charge >= 0.3 is 7.82 Å². The molecule has 0 saturated heterocycles. The zero-order valence-electron chi connectivity index (χ0n) is 42.4. The lowest BCUT2D eigenvalue weighted by Gasteiger charge is -2.26. The third kappa shape index (κ3) is 47.5. The molecular weight excluding hydrogens is 792 g/mol. The number of carbonyl (C=O) groups is 1. The molecule has 0 bridgehead atoms. The fourth-order valence-corrected chi connectivity index (χ4v) is 9.26. The summed E-state index contributed by atoms with van der Waals surface area (Å²) in [5.41, 5.74) is 0. The summed E-state index contributed by atoms with van der Waals surface area (Å²) in [4.78, 5) is 23.3. The van der Waals surface area contributed by atoms with Crippen molar-refractivity contribution in [2.24, 2.45) is 0 Å². The molecule has 0 heterocycles. The highest BCUT2D eigenvalue weighted by atomic mass is 31.2. The summed E-state index contributed by atoms with van der Waals surface area (Å²) in [6.07, 6.45) is 52.9. The van der Waals surface area contributed by atoms with E-state index in [9.17, 15) is 19.4 Å². The number of amides is 1. The van der Waals surface area contributed by atoms with Crippen LogP contribution in [-0.4, -0.2) is 73.4 Å². The lowest BCUT2D eigenvalue weighted by Crippen LogP contribution is -2.46. The first-order valence-electron chi connectivity index (χ1n) is 27.4. The molecule has 0 aromatic rings. The molecule has 3 atom stereocenters. The smallest absolute Gasteiger partial charge is 0.391 e. The van der Waals surface area contributed by atoms with Crippen molar-refractivity contribution in [3.8, 4) is 0 Å². The van der Waals surface area contributed by atoms with Gasteiger partial charge in [0.05, 0.1) is 39.9 Å². The number of aliphatic hydroxyl groups is 1.